The Bertz CT molecular complexity index is 121. The fourth-order valence-electron chi connectivity index (χ4n) is 1.17. The van der Waals surface area contributed by atoms with E-state index in [1.807, 2.05) is 0 Å². The molecule has 0 spiro atoms. The number of hydrogen-bond donors (Lipinski definition) is 0. The zero-order valence-electron chi connectivity index (χ0n) is 10.4. The number of rotatable bonds is 8. The molecule has 86 valence electrons. The van der Waals surface area contributed by atoms with Crippen LogP contribution in [-0.4, -0.2) is 19.0 Å². The van der Waals surface area contributed by atoms with Crippen molar-refractivity contribution in [3.8, 4) is 0 Å². The van der Waals surface area contributed by atoms with E-state index < -0.39 is 0 Å². The molecule has 0 aromatic carbocycles. The summed E-state index contributed by atoms with van der Waals surface area (Å²) in [6.45, 7) is 11.5. The van der Waals surface area contributed by atoms with Crippen LogP contribution < -0.4 is 0 Å². The maximum absolute atomic E-state index is 5.68. The highest BCUT2D eigenvalue weighted by atomic mass is 16.7. The highest BCUT2D eigenvalue weighted by Gasteiger charge is 2.10. The molecule has 0 aromatic rings. The molecule has 1 atom stereocenters. The minimum absolute atomic E-state index is 0.00116. The van der Waals surface area contributed by atoms with E-state index in [1.54, 1.807) is 0 Å². The summed E-state index contributed by atoms with van der Waals surface area (Å²) >= 11 is 0. The minimum Gasteiger partial charge on any atom is -0.353 e. The zero-order chi connectivity index (χ0) is 11.0. The molecular formula is C12H26O2. The minimum atomic E-state index is -0.00116. The van der Waals surface area contributed by atoms with Crippen LogP contribution in [0.5, 0.6) is 0 Å². The lowest BCUT2D eigenvalue weighted by atomic mass is 10.1. The lowest BCUT2D eigenvalue weighted by Crippen LogP contribution is -2.22. The van der Waals surface area contributed by atoms with Gasteiger partial charge in [0.15, 0.2) is 6.29 Å². The fourth-order valence-corrected chi connectivity index (χ4v) is 1.17. The Hall–Kier alpha value is -0.0800. The Kier molecular flexibility index (Phi) is 8.20. The third-order valence-electron chi connectivity index (χ3n) is 1.95. The summed E-state index contributed by atoms with van der Waals surface area (Å²) in [5, 5.41) is 0. The molecule has 0 aliphatic heterocycles. The molecule has 0 radical (unpaired) electrons. The maximum Gasteiger partial charge on any atom is 0.157 e. The molecule has 0 fully saturated rings. The van der Waals surface area contributed by atoms with Gasteiger partial charge in [-0.05, 0) is 32.6 Å². The van der Waals surface area contributed by atoms with Gasteiger partial charge in [-0.1, -0.05) is 27.2 Å². The molecule has 0 aromatic heterocycles. The summed E-state index contributed by atoms with van der Waals surface area (Å²) in [6, 6.07) is 0. The van der Waals surface area contributed by atoms with Crippen LogP contribution in [0.25, 0.3) is 0 Å². The topological polar surface area (TPSA) is 18.5 Å². The molecule has 0 bridgehead atoms. The van der Waals surface area contributed by atoms with E-state index in [4.69, 9.17) is 9.47 Å². The van der Waals surface area contributed by atoms with Crippen LogP contribution in [-0.2, 0) is 9.47 Å². The third-order valence-corrected chi connectivity index (χ3v) is 1.95. The van der Waals surface area contributed by atoms with Crippen LogP contribution in [0.3, 0.4) is 0 Å². The molecule has 1 unspecified atom stereocenters. The average Bonchev–Trinajstić information content (AvgIpc) is 2.02. The summed E-state index contributed by atoms with van der Waals surface area (Å²) in [6.07, 6.45) is 3.47. The van der Waals surface area contributed by atoms with Crippen molar-refractivity contribution >= 4 is 0 Å². The molecular weight excluding hydrogens is 176 g/mol. The van der Waals surface area contributed by atoms with Gasteiger partial charge in [-0.3, -0.25) is 0 Å². The Balaban J connectivity index is 3.61. The second-order valence-electron chi connectivity index (χ2n) is 4.46. The van der Waals surface area contributed by atoms with Crippen molar-refractivity contribution in [2.24, 2.45) is 5.92 Å². The predicted octanol–water partition coefficient (Wildman–Crippen LogP) is 3.60. The van der Waals surface area contributed by atoms with Gasteiger partial charge >= 0.3 is 0 Å². The lowest BCUT2D eigenvalue weighted by Gasteiger charge is -2.20. The van der Waals surface area contributed by atoms with Crippen LogP contribution in [0.4, 0.5) is 0 Å². The summed E-state index contributed by atoms with van der Waals surface area (Å²) in [7, 11) is 0. The standard InChI is InChI=1S/C12H26O2/c1-6-7-12(14-11(4)5)13-9-8-10(2)3/h10-12H,6-9H2,1-5H3. The van der Waals surface area contributed by atoms with Gasteiger partial charge in [0.25, 0.3) is 0 Å². The molecule has 0 aliphatic rings. The van der Waals surface area contributed by atoms with Crippen LogP contribution in [0.15, 0.2) is 0 Å². The van der Waals surface area contributed by atoms with Crippen molar-refractivity contribution < 1.29 is 9.47 Å². The molecule has 2 heteroatoms. The van der Waals surface area contributed by atoms with Crippen LogP contribution in [0, 0.1) is 5.92 Å². The molecule has 14 heavy (non-hydrogen) atoms. The van der Waals surface area contributed by atoms with Gasteiger partial charge in [-0.2, -0.15) is 0 Å². The van der Waals surface area contributed by atoms with Gasteiger partial charge in [0.05, 0.1) is 6.10 Å². The first kappa shape index (κ1) is 13.9. The van der Waals surface area contributed by atoms with E-state index in [-0.39, 0.29) is 12.4 Å². The molecule has 0 amide bonds. The molecule has 2 nitrogen and oxygen atoms in total. The quantitative estimate of drug-likeness (QED) is 0.560. The van der Waals surface area contributed by atoms with Crippen LogP contribution in [0.1, 0.15) is 53.9 Å². The first-order chi connectivity index (χ1) is 6.56. The van der Waals surface area contributed by atoms with Gasteiger partial charge in [0, 0.05) is 6.61 Å². The first-order valence-corrected chi connectivity index (χ1v) is 5.83. The summed E-state index contributed by atoms with van der Waals surface area (Å²) < 4.78 is 11.3. The van der Waals surface area contributed by atoms with Crippen molar-refractivity contribution in [2.45, 2.75) is 66.3 Å². The summed E-state index contributed by atoms with van der Waals surface area (Å²) in [5.41, 5.74) is 0. The van der Waals surface area contributed by atoms with Crippen molar-refractivity contribution in [2.75, 3.05) is 6.61 Å². The second-order valence-corrected chi connectivity index (χ2v) is 4.46. The van der Waals surface area contributed by atoms with Crippen molar-refractivity contribution in [1.82, 2.24) is 0 Å². The highest BCUT2D eigenvalue weighted by Crippen LogP contribution is 2.09. The average molecular weight is 202 g/mol. The Labute approximate surface area is 89.0 Å². The largest absolute Gasteiger partial charge is 0.353 e. The maximum atomic E-state index is 5.68. The van der Waals surface area contributed by atoms with E-state index in [9.17, 15) is 0 Å². The van der Waals surface area contributed by atoms with Gasteiger partial charge in [-0.15, -0.1) is 0 Å². The summed E-state index contributed by atoms with van der Waals surface area (Å²) in [5.74, 6) is 0.705. The Morgan fingerprint density at radius 3 is 2.07 bits per heavy atom. The van der Waals surface area contributed by atoms with Crippen molar-refractivity contribution in [3.05, 3.63) is 0 Å². The van der Waals surface area contributed by atoms with Gasteiger partial charge < -0.3 is 9.47 Å². The molecule has 0 rings (SSSR count). The number of hydrogen-bond acceptors (Lipinski definition) is 2. The van der Waals surface area contributed by atoms with E-state index in [1.165, 1.54) is 0 Å². The SMILES string of the molecule is CCCC(OCCC(C)C)OC(C)C. The highest BCUT2D eigenvalue weighted by molar-refractivity contribution is 4.49. The van der Waals surface area contributed by atoms with E-state index in [2.05, 4.69) is 34.6 Å². The molecule has 0 heterocycles. The Morgan fingerprint density at radius 1 is 1.00 bits per heavy atom. The first-order valence-electron chi connectivity index (χ1n) is 5.83. The molecule has 0 aliphatic carbocycles. The third kappa shape index (κ3) is 8.52. The number of ether oxygens (including phenoxy) is 2. The van der Waals surface area contributed by atoms with Gasteiger partial charge in [-0.25, -0.2) is 0 Å². The van der Waals surface area contributed by atoms with Crippen LogP contribution >= 0.6 is 0 Å². The normalized spacial score (nSPS) is 13.9. The molecule has 0 saturated heterocycles. The van der Waals surface area contributed by atoms with E-state index in [0.717, 1.165) is 25.9 Å². The van der Waals surface area contributed by atoms with E-state index in [0.29, 0.717) is 5.92 Å². The van der Waals surface area contributed by atoms with Crippen molar-refractivity contribution in [3.63, 3.8) is 0 Å². The predicted molar refractivity (Wildman–Crippen MR) is 60.3 cm³/mol. The zero-order valence-corrected chi connectivity index (χ0v) is 10.4. The summed E-state index contributed by atoms with van der Waals surface area (Å²) in [4.78, 5) is 0. The van der Waals surface area contributed by atoms with Gasteiger partial charge in [0.1, 0.15) is 0 Å². The second kappa shape index (κ2) is 8.25. The van der Waals surface area contributed by atoms with Gasteiger partial charge in [0.2, 0.25) is 0 Å². The van der Waals surface area contributed by atoms with Crippen molar-refractivity contribution in [1.29, 1.82) is 0 Å². The van der Waals surface area contributed by atoms with Crippen LogP contribution in [0.2, 0.25) is 0 Å². The fraction of sp³-hybridized carbons (Fsp3) is 1.00. The smallest absolute Gasteiger partial charge is 0.157 e. The Morgan fingerprint density at radius 2 is 1.64 bits per heavy atom. The monoisotopic (exact) mass is 202 g/mol. The molecule has 0 N–H and O–H groups in total. The lowest BCUT2D eigenvalue weighted by molar-refractivity contribution is -0.167. The van der Waals surface area contributed by atoms with E-state index >= 15 is 0 Å². The molecule has 0 saturated carbocycles.